The van der Waals surface area contributed by atoms with E-state index in [9.17, 15) is 28.8 Å². The lowest BCUT2D eigenvalue weighted by Gasteiger charge is -2.33. The van der Waals surface area contributed by atoms with E-state index in [0.29, 0.717) is 37.8 Å². The minimum Gasteiger partial charge on any atom is -0.346 e. The molecule has 11 heteroatoms. The van der Waals surface area contributed by atoms with Gasteiger partial charge in [-0.2, -0.15) is 0 Å². The van der Waals surface area contributed by atoms with Crippen LogP contribution >= 0.6 is 0 Å². The fraction of sp³-hybridized carbons (Fsp3) is 0.706. The number of Topliss-reactive ketones (excluding diaryl/α,β-unsaturated/α-hetero) is 2. The van der Waals surface area contributed by atoms with Gasteiger partial charge < -0.3 is 26.2 Å². The molecule has 3 fully saturated rings. The molecule has 1 saturated carbocycles. The van der Waals surface area contributed by atoms with Gasteiger partial charge in [-0.25, -0.2) is 4.79 Å². The summed E-state index contributed by atoms with van der Waals surface area (Å²) in [5.74, 6) is -2.58. The van der Waals surface area contributed by atoms with Crippen molar-refractivity contribution >= 4 is 35.3 Å². The van der Waals surface area contributed by atoms with Crippen LogP contribution in [-0.2, 0) is 24.0 Å². The second-order valence-electron chi connectivity index (χ2n) is 13.3. The molecule has 45 heavy (non-hydrogen) atoms. The second kappa shape index (κ2) is 17.3. The number of urea groups is 1. The number of fused-ring (bicyclic) bond motifs is 1. The molecule has 5 atom stereocenters. The van der Waals surface area contributed by atoms with Crippen LogP contribution in [0.3, 0.4) is 0 Å². The molecule has 0 unspecified atom stereocenters. The highest BCUT2D eigenvalue weighted by Crippen LogP contribution is 2.33. The minimum absolute atomic E-state index is 0.0636. The highest BCUT2D eigenvalue weighted by molar-refractivity contribution is 6.38. The molecule has 0 aromatic rings. The fourth-order valence-electron chi connectivity index (χ4n) is 6.44. The largest absolute Gasteiger partial charge is 0.346 e. The average Bonchev–Trinajstić information content (AvgIpc) is 3.75. The number of ketones is 2. The zero-order chi connectivity index (χ0) is 33.1. The molecule has 5 amide bonds. The van der Waals surface area contributed by atoms with Crippen LogP contribution in [0, 0.1) is 17.8 Å². The van der Waals surface area contributed by atoms with Gasteiger partial charge in [0.25, 0.3) is 5.91 Å². The van der Waals surface area contributed by atoms with E-state index in [1.807, 2.05) is 13.8 Å². The van der Waals surface area contributed by atoms with Crippen molar-refractivity contribution in [3.63, 3.8) is 0 Å². The van der Waals surface area contributed by atoms with Crippen LogP contribution in [0.25, 0.3) is 0 Å². The number of nitrogens with one attached hydrogen (secondary N) is 4. The smallest absolute Gasteiger partial charge is 0.316 e. The molecule has 11 nitrogen and oxygen atoms in total. The van der Waals surface area contributed by atoms with E-state index in [1.165, 1.54) is 11.0 Å². The van der Waals surface area contributed by atoms with Gasteiger partial charge in [-0.15, -0.1) is 6.58 Å². The first-order valence-corrected chi connectivity index (χ1v) is 16.8. The molecule has 0 aromatic heterocycles. The number of hydrogen-bond donors (Lipinski definition) is 4. The quantitative estimate of drug-likeness (QED) is 0.215. The molecular weight excluding hydrogens is 574 g/mol. The van der Waals surface area contributed by atoms with Crippen LogP contribution in [0.1, 0.15) is 97.8 Å². The maximum Gasteiger partial charge on any atom is 0.316 e. The van der Waals surface area contributed by atoms with Crippen LogP contribution in [0.15, 0.2) is 24.8 Å². The van der Waals surface area contributed by atoms with Gasteiger partial charge in [0, 0.05) is 19.0 Å². The zero-order valence-electron chi connectivity index (χ0n) is 27.3. The Morgan fingerprint density at radius 2 is 1.58 bits per heavy atom. The SMILES string of the molecule is C=CCNC(=O)C(=O)[C@@H]1CCCCCCCCC[C@H](NC(=O)N[C@@H](C(=C)C)C(=O)C2CC2)C(=O)N2CC[C@H](C(C)C)[C@H]2C(=O)N1. The molecule has 2 heterocycles. The van der Waals surface area contributed by atoms with Gasteiger partial charge in [0.1, 0.15) is 18.1 Å². The maximum absolute atomic E-state index is 14.2. The Balaban J connectivity index is 1.85. The molecule has 250 valence electrons. The van der Waals surface area contributed by atoms with E-state index in [4.69, 9.17) is 0 Å². The van der Waals surface area contributed by atoms with Crippen molar-refractivity contribution < 1.29 is 28.8 Å². The lowest BCUT2D eigenvalue weighted by molar-refractivity contribution is -0.143. The van der Waals surface area contributed by atoms with Crippen LogP contribution in [0.4, 0.5) is 4.79 Å². The monoisotopic (exact) mass is 627 g/mol. The molecule has 2 aliphatic heterocycles. The molecule has 0 radical (unpaired) electrons. The Morgan fingerprint density at radius 1 is 0.956 bits per heavy atom. The van der Waals surface area contributed by atoms with Crippen molar-refractivity contribution in [1.29, 1.82) is 0 Å². The number of rotatable bonds is 10. The highest BCUT2D eigenvalue weighted by Gasteiger charge is 2.46. The topological polar surface area (TPSA) is 154 Å². The minimum atomic E-state index is -1.01. The van der Waals surface area contributed by atoms with E-state index < -0.39 is 47.8 Å². The van der Waals surface area contributed by atoms with Crippen molar-refractivity contribution in [2.45, 2.75) is 122 Å². The molecule has 1 aliphatic carbocycles. The number of nitrogens with zero attached hydrogens (tertiary/aromatic N) is 1. The zero-order valence-corrected chi connectivity index (χ0v) is 27.3. The summed E-state index contributed by atoms with van der Waals surface area (Å²) in [4.78, 5) is 81.3. The summed E-state index contributed by atoms with van der Waals surface area (Å²) in [6.45, 7) is 13.6. The molecule has 3 rings (SSSR count). The first-order chi connectivity index (χ1) is 21.5. The molecule has 2 saturated heterocycles. The number of amides is 5. The Morgan fingerprint density at radius 3 is 2.16 bits per heavy atom. The summed E-state index contributed by atoms with van der Waals surface area (Å²) in [6.07, 6.45) is 10.4. The predicted octanol–water partition coefficient (Wildman–Crippen LogP) is 3.33. The van der Waals surface area contributed by atoms with Crippen molar-refractivity contribution in [2.75, 3.05) is 13.1 Å². The van der Waals surface area contributed by atoms with Gasteiger partial charge in [-0.05, 0) is 50.9 Å². The molecular formula is C34H53N5O6. The average molecular weight is 628 g/mol. The lowest BCUT2D eigenvalue weighted by atomic mass is 9.87. The number of hydrogen-bond acceptors (Lipinski definition) is 6. The summed E-state index contributed by atoms with van der Waals surface area (Å²) in [5, 5.41) is 10.9. The van der Waals surface area contributed by atoms with Crippen LogP contribution < -0.4 is 21.3 Å². The highest BCUT2D eigenvalue weighted by atomic mass is 16.2. The van der Waals surface area contributed by atoms with Gasteiger partial charge in [0.15, 0.2) is 5.78 Å². The van der Waals surface area contributed by atoms with Crippen molar-refractivity contribution in [2.24, 2.45) is 17.8 Å². The maximum atomic E-state index is 14.2. The Labute approximate surface area is 267 Å². The predicted molar refractivity (Wildman–Crippen MR) is 172 cm³/mol. The first-order valence-electron chi connectivity index (χ1n) is 16.8. The van der Waals surface area contributed by atoms with Gasteiger partial charge in [-0.1, -0.05) is 77.0 Å². The van der Waals surface area contributed by atoms with Gasteiger partial charge in [-0.3, -0.25) is 24.0 Å². The number of carbonyl (C=O) groups excluding carboxylic acids is 6. The van der Waals surface area contributed by atoms with Crippen LogP contribution in [-0.4, -0.2) is 77.5 Å². The molecule has 0 spiro atoms. The van der Waals surface area contributed by atoms with Gasteiger partial charge >= 0.3 is 6.03 Å². The third-order valence-electron chi connectivity index (χ3n) is 9.24. The Kier molecular flexibility index (Phi) is 13.8. The van der Waals surface area contributed by atoms with E-state index in [2.05, 4.69) is 34.4 Å². The second-order valence-corrected chi connectivity index (χ2v) is 13.3. The van der Waals surface area contributed by atoms with E-state index in [1.54, 1.807) is 6.92 Å². The lowest BCUT2D eigenvalue weighted by Crippen LogP contribution is -2.59. The van der Waals surface area contributed by atoms with Gasteiger partial charge in [0.05, 0.1) is 6.04 Å². The first kappa shape index (κ1) is 36.0. The molecule has 4 N–H and O–H groups in total. The summed E-state index contributed by atoms with van der Waals surface area (Å²) < 4.78 is 0. The van der Waals surface area contributed by atoms with E-state index in [0.717, 1.165) is 51.4 Å². The standard InChI is InChI=1S/C34H53N5O6/c1-6-19-35-32(43)30(41)25-14-12-10-8-7-9-11-13-15-26(37-34(45)38-27(22(4)5)29(40)23-16-17-23)33(44)39-20-18-24(21(2)3)28(39)31(42)36-25/h6,21,23-28H,1,4,7-20H2,2-3,5H3,(H,35,43)(H,36,42)(H2,37,38,45)/t24-,25+,26+,27+,28+/m1/s1. The molecule has 3 aliphatic rings. The van der Waals surface area contributed by atoms with Crippen molar-refractivity contribution in [3.05, 3.63) is 24.8 Å². The number of carbonyl (C=O) groups is 6. The third kappa shape index (κ3) is 10.3. The Hall–Kier alpha value is -3.50. The van der Waals surface area contributed by atoms with E-state index in [-0.39, 0.29) is 36.0 Å². The van der Waals surface area contributed by atoms with Crippen molar-refractivity contribution in [1.82, 2.24) is 26.2 Å². The summed E-state index contributed by atoms with van der Waals surface area (Å²) in [6, 6.07) is -4.22. The van der Waals surface area contributed by atoms with Crippen molar-refractivity contribution in [3.8, 4) is 0 Å². The summed E-state index contributed by atoms with van der Waals surface area (Å²) in [7, 11) is 0. The summed E-state index contributed by atoms with van der Waals surface area (Å²) in [5.41, 5.74) is 0.532. The van der Waals surface area contributed by atoms with Crippen LogP contribution in [0.2, 0.25) is 0 Å². The summed E-state index contributed by atoms with van der Waals surface area (Å²) >= 11 is 0. The fourth-order valence-corrected chi connectivity index (χ4v) is 6.44. The van der Waals surface area contributed by atoms with E-state index >= 15 is 0 Å². The molecule has 0 bridgehead atoms. The van der Waals surface area contributed by atoms with Gasteiger partial charge in [0.2, 0.25) is 17.6 Å². The third-order valence-corrected chi connectivity index (χ3v) is 9.24. The van der Waals surface area contributed by atoms with Crippen LogP contribution in [0.5, 0.6) is 0 Å². The normalized spacial score (nSPS) is 25.8. The molecule has 0 aromatic carbocycles. The Bertz CT molecular complexity index is 1130.